The summed E-state index contributed by atoms with van der Waals surface area (Å²) in [5.74, 6) is 0. The Balaban J connectivity index is 1.73. The van der Waals surface area contributed by atoms with Crippen LogP contribution in [0.3, 0.4) is 0 Å². The predicted octanol–water partition coefficient (Wildman–Crippen LogP) is 3.79. The normalized spacial score (nSPS) is 18.5. The molecule has 2 aromatic rings. The molecule has 1 heterocycles. The fourth-order valence-electron chi connectivity index (χ4n) is 3.59. The molecule has 2 unspecified atom stereocenters. The lowest BCUT2D eigenvalue weighted by Gasteiger charge is -2.23. The van der Waals surface area contributed by atoms with Crippen LogP contribution in [0.15, 0.2) is 58.3 Å². The van der Waals surface area contributed by atoms with E-state index in [0.29, 0.717) is 6.42 Å². The van der Waals surface area contributed by atoms with E-state index in [1.54, 1.807) is 24.3 Å². The minimum Gasteiger partial charge on any atom is -0.449 e. The van der Waals surface area contributed by atoms with Crippen molar-refractivity contribution in [2.75, 3.05) is 19.8 Å². The maximum Gasteiger partial charge on any atom is 0.410 e. The van der Waals surface area contributed by atoms with Gasteiger partial charge in [-0.2, -0.15) is 16.8 Å². The minimum absolute atomic E-state index is 0.00169. The molecule has 0 aliphatic carbocycles. The molecule has 0 radical (unpaired) electrons. The molecule has 2 aromatic carbocycles. The fourth-order valence-corrected chi connectivity index (χ4v) is 5.61. The molecule has 1 aliphatic rings. The van der Waals surface area contributed by atoms with Crippen molar-refractivity contribution in [2.45, 2.75) is 62.0 Å². The summed E-state index contributed by atoms with van der Waals surface area (Å²) in [7, 11) is -8.15. The minimum atomic E-state index is -4.08. The van der Waals surface area contributed by atoms with Crippen molar-refractivity contribution in [1.29, 1.82) is 0 Å². The summed E-state index contributed by atoms with van der Waals surface area (Å²) in [6, 6.07) is 11.7. The lowest BCUT2D eigenvalue weighted by molar-refractivity contribution is 0.0853. The average molecular weight is 526 g/mol. The van der Waals surface area contributed by atoms with Gasteiger partial charge >= 0.3 is 6.09 Å². The Labute approximate surface area is 207 Å². The Morgan fingerprint density at radius 1 is 0.914 bits per heavy atom. The highest BCUT2D eigenvalue weighted by Gasteiger charge is 2.40. The monoisotopic (exact) mass is 525 g/mol. The zero-order valence-electron chi connectivity index (χ0n) is 20.0. The van der Waals surface area contributed by atoms with Crippen LogP contribution in [0.1, 0.15) is 37.3 Å². The number of ether oxygens (including phenoxy) is 1. The van der Waals surface area contributed by atoms with E-state index in [1.807, 2.05) is 20.8 Å². The molecule has 0 spiro atoms. The van der Waals surface area contributed by atoms with E-state index in [-0.39, 0.29) is 36.0 Å². The molecule has 0 N–H and O–H groups in total. The molecule has 1 saturated heterocycles. The first-order chi connectivity index (χ1) is 16.5. The molecular formula is C24H31NO8S2. The second-order valence-corrected chi connectivity index (χ2v) is 11.7. The Kier molecular flexibility index (Phi) is 8.92. The van der Waals surface area contributed by atoms with Gasteiger partial charge in [0.2, 0.25) is 0 Å². The van der Waals surface area contributed by atoms with Gasteiger partial charge in [-0.05, 0) is 51.0 Å². The van der Waals surface area contributed by atoms with E-state index in [9.17, 15) is 21.6 Å². The molecule has 192 valence electrons. The number of aryl methyl sites for hydroxylation is 2. The van der Waals surface area contributed by atoms with Crippen LogP contribution in [0, 0.1) is 13.8 Å². The smallest absolute Gasteiger partial charge is 0.410 e. The molecule has 11 heteroatoms. The van der Waals surface area contributed by atoms with Gasteiger partial charge in [0.1, 0.15) is 0 Å². The van der Waals surface area contributed by atoms with Gasteiger partial charge in [-0.1, -0.05) is 48.7 Å². The number of hydrogen-bond acceptors (Lipinski definition) is 8. The van der Waals surface area contributed by atoms with Crippen molar-refractivity contribution < 1.29 is 34.7 Å². The first kappa shape index (κ1) is 27.1. The van der Waals surface area contributed by atoms with Crippen LogP contribution in [-0.4, -0.2) is 59.7 Å². The highest BCUT2D eigenvalue weighted by molar-refractivity contribution is 7.87. The van der Waals surface area contributed by atoms with Gasteiger partial charge < -0.3 is 9.64 Å². The number of nitrogens with zero attached hydrogens (tertiary/aromatic N) is 1. The lowest BCUT2D eigenvalue weighted by atomic mass is 10.2. The third-order valence-corrected chi connectivity index (χ3v) is 8.30. The molecule has 1 amide bonds. The molecular weight excluding hydrogens is 494 g/mol. The van der Waals surface area contributed by atoms with E-state index >= 15 is 0 Å². The van der Waals surface area contributed by atoms with Crippen LogP contribution in [0.25, 0.3) is 0 Å². The predicted molar refractivity (Wildman–Crippen MR) is 129 cm³/mol. The highest BCUT2D eigenvalue weighted by atomic mass is 32.2. The number of hydrogen-bond donors (Lipinski definition) is 0. The third-order valence-electron chi connectivity index (χ3n) is 5.63. The zero-order chi connectivity index (χ0) is 25.6. The first-order valence-corrected chi connectivity index (χ1v) is 14.2. The number of unbranched alkanes of at least 4 members (excludes halogenated alkanes) is 1. The van der Waals surface area contributed by atoms with Gasteiger partial charge in [0, 0.05) is 0 Å². The van der Waals surface area contributed by atoms with Gasteiger partial charge in [-0.25, -0.2) is 4.79 Å². The van der Waals surface area contributed by atoms with Gasteiger partial charge in [-0.3, -0.25) is 8.37 Å². The quantitative estimate of drug-likeness (QED) is 0.340. The summed E-state index contributed by atoms with van der Waals surface area (Å²) < 4.78 is 66.7. The summed E-state index contributed by atoms with van der Waals surface area (Å²) in [5, 5.41) is 0. The van der Waals surface area contributed by atoms with Crippen molar-refractivity contribution in [2.24, 2.45) is 0 Å². The summed E-state index contributed by atoms with van der Waals surface area (Å²) in [6.07, 6.45) is 0.0194. The number of likely N-dealkylation sites (tertiary alicyclic amines) is 1. The largest absolute Gasteiger partial charge is 0.449 e. The lowest BCUT2D eigenvalue weighted by Crippen LogP contribution is -2.39. The summed E-state index contributed by atoms with van der Waals surface area (Å²) in [6.45, 7) is 5.40. The van der Waals surface area contributed by atoms with Gasteiger partial charge in [0.15, 0.2) is 0 Å². The van der Waals surface area contributed by atoms with Crippen molar-refractivity contribution in [3.05, 3.63) is 59.7 Å². The molecule has 1 aliphatic heterocycles. The molecule has 0 saturated carbocycles. The average Bonchev–Trinajstić information content (AvgIpc) is 3.20. The topological polar surface area (TPSA) is 116 Å². The van der Waals surface area contributed by atoms with Crippen LogP contribution in [0.5, 0.6) is 0 Å². The number of carbonyl (C=O) groups is 1. The Morgan fingerprint density at radius 3 is 2.00 bits per heavy atom. The van der Waals surface area contributed by atoms with Gasteiger partial charge in [0.25, 0.3) is 20.2 Å². The van der Waals surface area contributed by atoms with Crippen molar-refractivity contribution in [1.82, 2.24) is 4.90 Å². The SMILES string of the molecule is CCCCOC(=O)N1CC(OS(=O)(=O)c2ccc(C)cc2)CC1COS(=O)(=O)c1ccc(C)cc1. The van der Waals surface area contributed by atoms with Gasteiger partial charge in [0.05, 0.1) is 41.7 Å². The fraction of sp³-hybridized carbons (Fsp3) is 0.458. The van der Waals surface area contributed by atoms with Crippen molar-refractivity contribution in [3.63, 3.8) is 0 Å². The molecule has 9 nitrogen and oxygen atoms in total. The number of benzene rings is 2. The van der Waals surface area contributed by atoms with Crippen LogP contribution in [0.4, 0.5) is 4.79 Å². The Morgan fingerprint density at radius 2 is 1.46 bits per heavy atom. The molecule has 35 heavy (non-hydrogen) atoms. The Bertz CT molecular complexity index is 1210. The zero-order valence-corrected chi connectivity index (χ0v) is 21.7. The maximum atomic E-state index is 12.7. The van der Waals surface area contributed by atoms with Crippen LogP contribution >= 0.6 is 0 Å². The highest BCUT2D eigenvalue weighted by Crippen LogP contribution is 2.27. The van der Waals surface area contributed by atoms with Crippen molar-refractivity contribution >= 4 is 26.3 Å². The van der Waals surface area contributed by atoms with Gasteiger partial charge in [-0.15, -0.1) is 0 Å². The molecule has 3 rings (SSSR count). The maximum absolute atomic E-state index is 12.7. The Hall–Kier alpha value is -2.47. The molecule has 1 fully saturated rings. The van der Waals surface area contributed by atoms with Crippen molar-refractivity contribution in [3.8, 4) is 0 Å². The van der Waals surface area contributed by atoms with E-state index in [2.05, 4.69) is 0 Å². The summed E-state index contributed by atoms with van der Waals surface area (Å²) in [5.41, 5.74) is 1.80. The molecule has 0 bridgehead atoms. The van der Waals surface area contributed by atoms with Crippen LogP contribution < -0.4 is 0 Å². The third kappa shape index (κ3) is 7.26. The standard InChI is InChI=1S/C24H31NO8S2/c1-4-5-14-31-24(26)25-16-21(33-35(29,30)23-12-8-19(3)9-13-23)15-20(25)17-32-34(27,28)22-10-6-18(2)7-11-22/h6-13,20-21H,4-5,14-17H2,1-3H3. The number of amides is 1. The second kappa shape index (κ2) is 11.5. The molecule has 2 atom stereocenters. The first-order valence-electron chi connectivity index (χ1n) is 11.4. The van der Waals surface area contributed by atoms with Crippen LogP contribution in [-0.2, 0) is 33.3 Å². The van der Waals surface area contributed by atoms with Crippen LogP contribution in [0.2, 0.25) is 0 Å². The molecule has 0 aromatic heterocycles. The van der Waals surface area contributed by atoms with E-state index in [4.69, 9.17) is 13.1 Å². The number of rotatable bonds is 10. The number of carbonyl (C=O) groups excluding carboxylic acids is 1. The van der Waals surface area contributed by atoms with E-state index in [0.717, 1.165) is 17.5 Å². The summed E-state index contributed by atoms with van der Waals surface area (Å²) >= 11 is 0. The van der Waals surface area contributed by atoms with E-state index in [1.165, 1.54) is 29.2 Å². The van der Waals surface area contributed by atoms with E-state index < -0.39 is 38.5 Å². The second-order valence-electron chi connectivity index (χ2n) is 8.55. The summed E-state index contributed by atoms with van der Waals surface area (Å²) in [4.78, 5) is 13.9.